The smallest absolute Gasteiger partial charge is 0.251 e. The Labute approximate surface area is 110 Å². The molecule has 6 nitrogen and oxygen atoms in total. The minimum Gasteiger partial charge on any atom is -0.326 e. The van der Waals surface area contributed by atoms with Gasteiger partial charge in [0.1, 0.15) is 5.92 Å². The van der Waals surface area contributed by atoms with Crippen molar-refractivity contribution in [1.82, 2.24) is 10.9 Å². The highest BCUT2D eigenvalue weighted by Gasteiger charge is 2.34. The third-order valence-corrected chi connectivity index (χ3v) is 2.98. The van der Waals surface area contributed by atoms with Gasteiger partial charge in [0, 0.05) is 12.1 Å². The van der Waals surface area contributed by atoms with Crippen molar-refractivity contribution in [2.75, 3.05) is 5.32 Å². The number of aryl methyl sites for hydroxylation is 1. The first kappa shape index (κ1) is 13.1. The monoisotopic (exact) mass is 261 g/mol. The number of anilines is 1. The van der Waals surface area contributed by atoms with Crippen LogP contribution >= 0.6 is 0 Å². The minimum atomic E-state index is -0.949. The number of hydrazine groups is 1. The summed E-state index contributed by atoms with van der Waals surface area (Å²) in [5.74, 6) is -2.25. The van der Waals surface area contributed by atoms with Crippen LogP contribution in [0.4, 0.5) is 5.69 Å². The zero-order valence-electron chi connectivity index (χ0n) is 10.5. The Morgan fingerprint density at radius 1 is 1.16 bits per heavy atom. The summed E-state index contributed by atoms with van der Waals surface area (Å²) in [5.41, 5.74) is 6.20. The maximum absolute atomic E-state index is 11.7. The van der Waals surface area contributed by atoms with Crippen molar-refractivity contribution in [1.29, 1.82) is 0 Å². The number of carbonyl (C=O) groups is 3. The van der Waals surface area contributed by atoms with Crippen molar-refractivity contribution in [3.63, 3.8) is 0 Å². The molecule has 1 heterocycles. The summed E-state index contributed by atoms with van der Waals surface area (Å²) >= 11 is 0. The molecule has 0 spiro atoms. The maximum atomic E-state index is 11.7. The Morgan fingerprint density at radius 3 is 2.26 bits per heavy atom. The quantitative estimate of drug-likeness (QED) is 0.684. The van der Waals surface area contributed by atoms with E-state index in [2.05, 4.69) is 16.2 Å². The lowest BCUT2D eigenvalue weighted by molar-refractivity contribution is -0.131. The predicted octanol–water partition coefficient (Wildman–Crippen LogP) is 0.355. The molecule has 19 heavy (non-hydrogen) atoms. The molecule has 1 aliphatic heterocycles. The van der Waals surface area contributed by atoms with Crippen molar-refractivity contribution in [3.05, 3.63) is 29.8 Å². The molecule has 1 aromatic rings. The molecular formula is C13H15N3O3. The Kier molecular flexibility index (Phi) is 3.79. The number of nitrogens with one attached hydrogen (secondary N) is 3. The Bertz CT molecular complexity index is 494. The zero-order valence-corrected chi connectivity index (χ0v) is 10.5. The molecule has 100 valence electrons. The molecule has 0 atom stereocenters. The summed E-state index contributed by atoms with van der Waals surface area (Å²) in [6, 6.07) is 7.44. The van der Waals surface area contributed by atoms with Crippen LogP contribution in [0.1, 0.15) is 18.9 Å². The van der Waals surface area contributed by atoms with Crippen molar-refractivity contribution in [2.45, 2.75) is 19.8 Å². The van der Waals surface area contributed by atoms with E-state index in [0.717, 1.165) is 6.42 Å². The van der Waals surface area contributed by atoms with Crippen LogP contribution < -0.4 is 16.2 Å². The molecule has 3 amide bonds. The second-order valence-corrected chi connectivity index (χ2v) is 4.33. The van der Waals surface area contributed by atoms with E-state index < -0.39 is 17.7 Å². The SMILES string of the molecule is CCc1ccc(NC(=O)CC2C(=O)NNC2=O)cc1. The lowest BCUT2D eigenvalue weighted by Crippen LogP contribution is -2.28. The molecule has 2 rings (SSSR count). The number of amides is 3. The second kappa shape index (κ2) is 5.51. The van der Waals surface area contributed by atoms with E-state index in [1.54, 1.807) is 12.1 Å². The van der Waals surface area contributed by atoms with E-state index in [9.17, 15) is 14.4 Å². The summed E-state index contributed by atoms with van der Waals surface area (Å²) < 4.78 is 0. The van der Waals surface area contributed by atoms with Crippen molar-refractivity contribution < 1.29 is 14.4 Å². The number of rotatable bonds is 4. The normalized spacial score (nSPS) is 15.0. The van der Waals surface area contributed by atoms with Gasteiger partial charge in [-0.3, -0.25) is 25.2 Å². The van der Waals surface area contributed by atoms with Crippen molar-refractivity contribution >= 4 is 23.4 Å². The summed E-state index contributed by atoms with van der Waals surface area (Å²) in [5, 5.41) is 2.66. The van der Waals surface area contributed by atoms with Gasteiger partial charge in [-0.15, -0.1) is 0 Å². The first-order chi connectivity index (χ1) is 9.10. The average molecular weight is 261 g/mol. The van der Waals surface area contributed by atoms with Gasteiger partial charge in [0.15, 0.2) is 0 Å². The van der Waals surface area contributed by atoms with Crippen LogP contribution in [0.15, 0.2) is 24.3 Å². The van der Waals surface area contributed by atoms with E-state index in [4.69, 9.17) is 0 Å². The molecule has 1 aliphatic rings. The molecule has 3 N–H and O–H groups in total. The van der Waals surface area contributed by atoms with Crippen molar-refractivity contribution in [2.24, 2.45) is 5.92 Å². The molecule has 0 radical (unpaired) electrons. The summed E-state index contributed by atoms with van der Waals surface area (Å²) in [7, 11) is 0. The molecule has 1 saturated heterocycles. The third-order valence-electron chi connectivity index (χ3n) is 2.98. The van der Waals surface area contributed by atoms with Gasteiger partial charge in [-0.25, -0.2) is 0 Å². The topological polar surface area (TPSA) is 87.3 Å². The highest BCUT2D eigenvalue weighted by atomic mass is 16.2. The average Bonchev–Trinajstić information content (AvgIpc) is 2.71. The molecule has 1 aromatic carbocycles. The fourth-order valence-corrected chi connectivity index (χ4v) is 1.82. The van der Waals surface area contributed by atoms with Gasteiger partial charge in [0.05, 0.1) is 0 Å². The lowest BCUT2D eigenvalue weighted by Gasteiger charge is -2.07. The molecule has 6 heteroatoms. The van der Waals surface area contributed by atoms with Crippen LogP contribution in [0.5, 0.6) is 0 Å². The molecule has 0 bridgehead atoms. The second-order valence-electron chi connectivity index (χ2n) is 4.33. The van der Waals surface area contributed by atoms with Gasteiger partial charge in [-0.05, 0) is 24.1 Å². The zero-order chi connectivity index (χ0) is 13.8. The fraction of sp³-hybridized carbons (Fsp3) is 0.308. The number of hydrogen-bond acceptors (Lipinski definition) is 3. The molecule has 0 saturated carbocycles. The van der Waals surface area contributed by atoms with Crippen LogP contribution in [-0.4, -0.2) is 17.7 Å². The van der Waals surface area contributed by atoms with E-state index >= 15 is 0 Å². The largest absolute Gasteiger partial charge is 0.326 e. The fourth-order valence-electron chi connectivity index (χ4n) is 1.82. The molecule has 0 aliphatic carbocycles. The Morgan fingerprint density at radius 2 is 1.74 bits per heavy atom. The Balaban J connectivity index is 1.93. The Hall–Kier alpha value is -2.37. The third kappa shape index (κ3) is 3.09. The minimum absolute atomic E-state index is 0.160. The van der Waals surface area contributed by atoms with E-state index in [-0.39, 0.29) is 12.3 Å². The van der Waals surface area contributed by atoms with Gasteiger partial charge in [-0.1, -0.05) is 19.1 Å². The first-order valence-electron chi connectivity index (χ1n) is 6.08. The summed E-state index contributed by atoms with van der Waals surface area (Å²) in [4.78, 5) is 34.3. The van der Waals surface area contributed by atoms with Gasteiger partial charge in [0.2, 0.25) is 5.91 Å². The number of benzene rings is 1. The standard InChI is InChI=1S/C13H15N3O3/c1-2-8-3-5-9(6-4-8)14-11(17)7-10-12(18)15-16-13(10)19/h3-6,10H,2,7H2,1H3,(H,14,17)(H,15,18)(H,16,19). The number of hydrogen-bond donors (Lipinski definition) is 3. The van der Waals surface area contributed by atoms with Crippen LogP contribution in [-0.2, 0) is 20.8 Å². The van der Waals surface area contributed by atoms with E-state index in [1.165, 1.54) is 5.56 Å². The van der Waals surface area contributed by atoms with Crippen LogP contribution in [0.3, 0.4) is 0 Å². The van der Waals surface area contributed by atoms with Crippen LogP contribution in [0, 0.1) is 5.92 Å². The maximum Gasteiger partial charge on any atom is 0.251 e. The lowest BCUT2D eigenvalue weighted by atomic mass is 10.1. The molecule has 1 fully saturated rings. The van der Waals surface area contributed by atoms with E-state index in [1.807, 2.05) is 19.1 Å². The molecule has 0 aromatic heterocycles. The van der Waals surface area contributed by atoms with Gasteiger partial charge in [-0.2, -0.15) is 0 Å². The van der Waals surface area contributed by atoms with Crippen LogP contribution in [0.2, 0.25) is 0 Å². The van der Waals surface area contributed by atoms with E-state index in [0.29, 0.717) is 5.69 Å². The van der Waals surface area contributed by atoms with Crippen molar-refractivity contribution in [3.8, 4) is 0 Å². The molecular weight excluding hydrogens is 246 g/mol. The predicted molar refractivity (Wildman–Crippen MR) is 68.8 cm³/mol. The van der Waals surface area contributed by atoms with Gasteiger partial charge >= 0.3 is 0 Å². The first-order valence-corrected chi connectivity index (χ1v) is 6.08. The molecule has 0 unspecified atom stereocenters. The van der Waals surface area contributed by atoms with Gasteiger partial charge in [0.25, 0.3) is 11.8 Å². The summed E-state index contributed by atoms with van der Waals surface area (Å²) in [6.45, 7) is 2.05. The van der Waals surface area contributed by atoms with Crippen LogP contribution in [0.25, 0.3) is 0 Å². The highest BCUT2D eigenvalue weighted by molar-refractivity contribution is 6.08. The van der Waals surface area contributed by atoms with Gasteiger partial charge < -0.3 is 5.32 Å². The number of carbonyl (C=O) groups excluding carboxylic acids is 3. The summed E-state index contributed by atoms with van der Waals surface area (Å²) in [6.07, 6.45) is 0.768. The highest BCUT2D eigenvalue weighted by Crippen LogP contribution is 2.13.